The van der Waals surface area contributed by atoms with Crippen molar-refractivity contribution >= 4 is 58.1 Å². The summed E-state index contributed by atoms with van der Waals surface area (Å²) in [6, 6.07) is 20.1. The van der Waals surface area contributed by atoms with Gasteiger partial charge in [-0.05, 0) is 66.8 Å². The van der Waals surface area contributed by atoms with Crippen LogP contribution >= 0.6 is 0 Å². The van der Waals surface area contributed by atoms with E-state index in [1.54, 1.807) is 0 Å². The van der Waals surface area contributed by atoms with E-state index in [0.717, 1.165) is 33.2 Å². The highest BCUT2D eigenvalue weighted by molar-refractivity contribution is 6.00. The van der Waals surface area contributed by atoms with Gasteiger partial charge in [-0.1, -0.05) is 72.8 Å². The second-order valence-corrected chi connectivity index (χ2v) is 17.7. The van der Waals surface area contributed by atoms with Crippen LogP contribution in [0.25, 0.3) is 10.9 Å². The molecule has 2 fully saturated rings. The molecule has 17 nitrogen and oxygen atoms in total. The van der Waals surface area contributed by atoms with Crippen LogP contribution in [0.2, 0.25) is 0 Å². The van der Waals surface area contributed by atoms with Gasteiger partial charge in [0.1, 0.15) is 23.7 Å². The molecule has 3 aromatic carbocycles. The minimum absolute atomic E-state index is 0.0796. The Kier molecular flexibility index (Phi) is 15.1. The summed E-state index contributed by atoms with van der Waals surface area (Å²) in [4.78, 5) is 108. The Morgan fingerprint density at radius 3 is 2.33 bits per heavy atom. The molecule has 0 unspecified atom stereocenters. The van der Waals surface area contributed by atoms with E-state index < -0.39 is 71.1 Å². The van der Waals surface area contributed by atoms with Crippen LogP contribution in [0.1, 0.15) is 74.1 Å². The Hall–Kier alpha value is -7.04. The number of benzene rings is 3. The number of H-pyrrole nitrogens is 1. The van der Waals surface area contributed by atoms with Crippen molar-refractivity contribution in [3.8, 4) is 0 Å². The normalized spacial score (nSPS) is 22.0. The fourth-order valence-corrected chi connectivity index (χ4v) is 9.56. The first kappa shape index (κ1) is 46.9. The van der Waals surface area contributed by atoms with Crippen molar-refractivity contribution in [2.24, 2.45) is 22.4 Å². The summed E-state index contributed by atoms with van der Waals surface area (Å²) >= 11 is 0. The Morgan fingerprint density at radius 2 is 1.61 bits per heavy atom. The zero-order chi connectivity index (χ0) is 46.8. The van der Waals surface area contributed by atoms with Gasteiger partial charge in [0, 0.05) is 81.7 Å². The van der Waals surface area contributed by atoms with Crippen LogP contribution in [0.4, 0.5) is 0 Å². The van der Waals surface area contributed by atoms with Crippen LogP contribution in [-0.4, -0.2) is 106 Å². The molecule has 348 valence electrons. The Labute approximate surface area is 383 Å². The van der Waals surface area contributed by atoms with E-state index in [0.29, 0.717) is 19.3 Å². The molecular formula is C49H60N10O7. The number of amides is 6. The average molecular weight is 901 g/mol. The van der Waals surface area contributed by atoms with Gasteiger partial charge in [0.2, 0.25) is 35.4 Å². The summed E-state index contributed by atoms with van der Waals surface area (Å²) in [5.74, 6) is -4.30. The molecule has 4 aromatic rings. The first-order valence-corrected chi connectivity index (χ1v) is 22.8. The molecule has 1 aliphatic carbocycles. The third-order valence-corrected chi connectivity index (χ3v) is 12.9. The van der Waals surface area contributed by atoms with Crippen molar-refractivity contribution in [3.05, 3.63) is 107 Å². The number of guanidine groups is 1. The number of hydrogen-bond acceptors (Lipinski definition) is 8. The number of nitrogens with one attached hydrogen (secondary N) is 6. The summed E-state index contributed by atoms with van der Waals surface area (Å²) < 4.78 is 0. The van der Waals surface area contributed by atoms with Gasteiger partial charge in [0.15, 0.2) is 11.7 Å². The number of nitrogens with two attached hydrogens (primary N) is 2. The van der Waals surface area contributed by atoms with Crippen molar-refractivity contribution in [2.75, 3.05) is 19.6 Å². The lowest BCUT2D eigenvalue weighted by atomic mass is 9.89. The highest BCUT2D eigenvalue weighted by Crippen LogP contribution is 2.32. The molecule has 3 aliphatic rings. The number of para-hydroxylation sites is 1. The first-order valence-electron chi connectivity index (χ1n) is 22.8. The molecule has 2 aliphatic heterocycles. The highest BCUT2D eigenvalue weighted by atomic mass is 16.2. The zero-order valence-electron chi connectivity index (χ0n) is 37.3. The van der Waals surface area contributed by atoms with Gasteiger partial charge in [-0.3, -0.25) is 38.6 Å². The lowest BCUT2D eigenvalue weighted by Crippen LogP contribution is -2.65. The van der Waals surface area contributed by atoms with Crippen molar-refractivity contribution in [1.29, 1.82) is 0 Å². The summed E-state index contributed by atoms with van der Waals surface area (Å²) in [6.07, 6.45) is 3.89. The Morgan fingerprint density at radius 1 is 0.894 bits per heavy atom. The number of rotatable bonds is 11. The number of carbonyl (C=O) groups is 7. The average Bonchev–Trinajstić information content (AvgIpc) is 4.05. The molecular weight excluding hydrogens is 841 g/mol. The maximum Gasteiger partial charge on any atom is 0.247 e. The van der Waals surface area contributed by atoms with Crippen LogP contribution in [0.5, 0.6) is 0 Å². The molecule has 1 aromatic heterocycles. The Bertz CT molecular complexity index is 2440. The minimum Gasteiger partial charge on any atom is -0.370 e. The van der Waals surface area contributed by atoms with Crippen molar-refractivity contribution in [2.45, 2.75) is 107 Å². The predicted octanol–water partition coefficient (Wildman–Crippen LogP) is 1.61. The van der Waals surface area contributed by atoms with E-state index in [9.17, 15) is 28.8 Å². The first-order chi connectivity index (χ1) is 31.8. The molecule has 2 saturated heterocycles. The molecule has 10 N–H and O–H groups in total. The van der Waals surface area contributed by atoms with Crippen molar-refractivity contribution in [1.82, 2.24) is 36.5 Å². The maximum atomic E-state index is 15.1. The molecule has 5 atom stereocenters. The monoisotopic (exact) mass is 900 g/mol. The quantitative estimate of drug-likeness (QED) is 0.0617. The number of ketones is 1. The van der Waals surface area contributed by atoms with Gasteiger partial charge in [-0.2, -0.15) is 0 Å². The second kappa shape index (κ2) is 21.3. The molecule has 0 saturated carbocycles. The summed E-state index contributed by atoms with van der Waals surface area (Å²) in [5, 5.41) is 15.6. The van der Waals surface area contributed by atoms with E-state index in [2.05, 4.69) is 36.6 Å². The lowest BCUT2D eigenvalue weighted by Gasteiger charge is -2.35. The molecule has 3 heterocycles. The molecule has 17 heteroatoms. The van der Waals surface area contributed by atoms with Gasteiger partial charge in [0.05, 0.1) is 6.04 Å². The number of hydrogen-bond donors (Lipinski definition) is 8. The molecule has 1 spiro atoms. The number of aromatic nitrogens is 1. The van der Waals surface area contributed by atoms with Crippen LogP contribution in [0.3, 0.4) is 0 Å². The van der Waals surface area contributed by atoms with Gasteiger partial charge < -0.3 is 47.9 Å². The number of nitrogens with zero attached hydrogens (tertiary/aromatic N) is 2. The largest absolute Gasteiger partial charge is 0.370 e. The van der Waals surface area contributed by atoms with Crippen LogP contribution in [0.15, 0.2) is 90.1 Å². The predicted molar refractivity (Wildman–Crippen MR) is 248 cm³/mol. The van der Waals surface area contributed by atoms with Crippen LogP contribution in [-0.2, 0) is 59.2 Å². The van der Waals surface area contributed by atoms with E-state index >= 15 is 4.79 Å². The van der Waals surface area contributed by atoms with Gasteiger partial charge in [0.25, 0.3) is 0 Å². The number of Topliss-reactive ketones (excluding diaryl/α,β-unsaturated/α-hetero) is 1. The smallest absolute Gasteiger partial charge is 0.247 e. The second-order valence-electron chi connectivity index (χ2n) is 17.7. The fraction of sp³-hybridized carbons (Fsp3) is 0.429. The maximum absolute atomic E-state index is 15.1. The molecule has 0 bridgehead atoms. The van der Waals surface area contributed by atoms with Gasteiger partial charge in [-0.25, -0.2) is 0 Å². The topological polar surface area (TPSA) is 263 Å². The van der Waals surface area contributed by atoms with Crippen molar-refractivity contribution < 1.29 is 33.6 Å². The minimum atomic E-state index is -1.53. The standard InChI is InChI=1S/C49H60N10O7/c1-30(60)55-40(24-31-12-3-2-4-13-31)44(63)56-38-19-10-21-52-43(62)32(16-9-22-53-48(50)51)26-42(61)39(25-35-29-54-37-18-8-7-17-36(35)37)57-47(66)49(27-33-14-5-6-15-34(33)28-49)58-45(64)41-20-11-23-59(41)46(38)65/h2-8,12-15,17-18,29,32,38-41,54H,9-11,16,19-28H2,1H3,(H,52,62)(H,55,60)(H,56,63)(H,57,66)(H,58,64)(H4,50,51,53)/t32-,38+,39+,40+,41+/m1/s1. The van der Waals surface area contributed by atoms with E-state index in [4.69, 9.17) is 11.5 Å². The van der Waals surface area contributed by atoms with E-state index in [1.165, 1.54) is 11.8 Å². The van der Waals surface area contributed by atoms with Gasteiger partial charge in [-0.15, -0.1) is 0 Å². The SMILES string of the molecule is CC(=O)N[C@@H](Cc1ccccc1)C(=O)N[C@H]1CCCNC(=O)[C@H](CCCN=C(N)N)CC(=O)[C@H](Cc2c[nH]c3ccccc23)NC(=O)C2(Cc3ccccc3C2)NC(=O)[C@@H]2CCCN2C1=O. The summed E-state index contributed by atoms with van der Waals surface area (Å²) in [6.45, 7) is 1.86. The molecule has 0 radical (unpaired) electrons. The third-order valence-electron chi connectivity index (χ3n) is 12.9. The molecule has 66 heavy (non-hydrogen) atoms. The summed E-state index contributed by atoms with van der Waals surface area (Å²) in [5.41, 5.74) is 13.8. The van der Waals surface area contributed by atoms with E-state index in [-0.39, 0.29) is 82.7 Å². The summed E-state index contributed by atoms with van der Waals surface area (Å²) in [7, 11) is 0. The van der Waals surface area contributed by atoms with Crippen LogP contribution in [0, 0.1) is 5.92 Å². The zero-order valence-corrected chi connectivity index (χ0v) is 37.3. The Balaban J connectivity index is 1.22. The molecule has 7 rings (SSSR count). The van der Waals surface area contributed by atoms with E-state index in [1.807, 2.05) is 85.1 Å². The van der Waals surface area contributed by atoms with Crippen LogP contribution < -0.4 is 38.1 Å². The fourth-order valence-electron chi connectivity index (χ4n) is 9.56. The lowest BCUT2D eigenvalue weighted by molar-refractivity contribution is -0.144. The third kappa shape index (κ3) is 11.4. The number of aliphatic imine (C=N–C) groups is 1. The molecule has 6 amide bonds. The number of fused-ring (bicyclic) bond motifs is 3. The van der Waals surface area contributed by atoms with Crippen molar-refractivity contribution in [3.63, 3.8) is 0 Å². The van der Waals surface area contributed by atoms with Gasteiger partial charge >= 0.3 is 0 Å². The highest BCUT2D eigenvalue weighted by Gasteiger charge is 2.49. The number of carbonyl (C=O) groups excluding carboxylic acids is 7. The number of aromatic amines is 1.